The SMILES string of the molecule is CC(C)NS(=O)(=O)c1occc1-c1ccc(F)o1. The van der Waals surface area contributed by atoms with Crippen LogP contribution in [0.4, 0.5) is 4.39 Å². The molecule has 0 bridgehead atoms. The zero-order valence-electron chi connectivity index (χ0n) is 9.81. The number of sulfonamides is 1. The maximum atomic E-state index is 12.8. The van der Waals surface area contributed by atoms with E-state index in [1.165, 1.54) is 18.4 Å². The van der Waals surface area contributed by atoms with Crippen molar-refractivity contribution in [1.82, 2.24) is 4.72 Å². The minimum atomic E-state index is -3.78. The van der Waals surface area contributed by atoms with E-state index in [2.05, 4.69) is 4.72 Å². The molecule has 98 valence electrons. The summed E-state index contributed by atoms with van der Waals surface area (Å²) in [5, 5.41) is -0.287. The molecular formula is C11H12FNO4S. The van der Waals surface area contributed by atoms with Gasteiger partial charge in [-0.25, -0.2) is 13.1 Å². The summed E-state index contributed by atoms with van der Waals surface area (Å²) in [6.07, 6.45) is 1.21. The first-order valence-corrected chi connectivity index (χ1v) is 6.74. The summed E-state index contributed by atoms with van der Waals surface area (Å²) < 4.78 is 48.8. The number of hydrogen-bond acceptors (Lipinski definition) is 4. The lowest BCUT2D eigenvalue weighted by Gasteiger charge is -2.07. The Kier molecular flexibility index (Phi) is 3.27. The minimum Gasteiger partial charge on any atom is -0.451 e. The molecule has 0 saturated heterocycles. The Hall–Kier alpha value is -1.60. The molecule has 5 nitrogen and oxygen atoms in total. The molecule has 2 heterocycles. The highest BCUT2D eigenvalue weighted by molar-refractivity contribution is 7.89. The van der Waals surface area contributed by atoms with Crippen LogP contribution in [0.1, 0.15) is 13.8 Å². The Balaban J connectivity index is 2.45. The molecule has 7 heteroatoms. The third kappa shape index (κ3) is 2.46. The Labute approximate surface area is 104 Å². The monoisotopic (exact) mass is 273 g/mol. The van der Waals surface area contributed by atoms with Crippen molar-refractivity contribution in [3.8, 4) is 11.3 Å². The highest BCUT2D eigenvalue weighted by Crippen LogP contribution is 2.29. The summed E-state index contributed by atoms with van der Waals surface area (Å²) in [5.41, 5.74) is 0.187. The van der Waals surface area contributed by atoms with Crippen LogP contribution in [0.2, 0.25) is 0 Å². The van der Waals surface area contributed by atoms with E-state index in [9.17, 15) is 12.8 Å². The van der Waals surface area contributed by atoms with Crippen LogP contribution >= 0.6 is 0 Å². The smallest absolute Gasteiger partial charge is 0.278 e. The van der Waals surface area contributed by atoms with Crippen molar-refractivity contribution in [2.75, 3.05) is 0 Å². The first kappa shape index (κ1) is 12.8. The highest BCUT2D eigenvalue weighted by atomic mass is 32.2. The van der Waals surface area contributed by atoms with Crippen LogP contribution in [0.25, 0.3) is 11.3 Å². The standard InChI is InChI=1S/C11H12FNO4S/c1-7(2)13-18(14,15)11-8(5-6-16-11)9-3-4-10(12)17-9/h3-7,13H,1-2H3. The third-order valence-corrected chi connectivity index (χ3v) is 3.69. The van der Waals surface area contributed by atoms with Gasteiger partial charge in [0.25, 0.3) is 16.0 Å². The quantitative estimate of drug-likeness (QED) is 0.928. The van der Waals surface area contributed by atoms with Crippen molar-refractivity contribution in [3.63, 3.8) is 0 Å². The zero-order valence-corrected chi connectivity index (χ0v) is 10.6. The number of rotatable bonds is 4. The Morgan fingerprint density at radius 1 is 1.28 bits per heavy atom. The van der Waals surface area contributed by atoms with Crippen LogP contribution in [0, 0.1) is 6.01 Å². The van der Waals surface area contributed by atoms with Gasteiger partial charge in [-0.15, -0.1) is 0 Å². The topological polar surface area (TPSA) is 72.5 Å². The van der Waals surface area contributed by atoms with E-state index in [0.717, 1.165) is 6.07 Å². The van der Waals surface area contributed by atoms with Gasteiger partial charge < -0.3 is 8.83 Å². The van der Waals surface area contributed by atoms with E-state index in [0.29, 0.717) is 0 Å². The molecular weight excluding hydrogens is 261 g/mol. The lowest BCUT2D eigenvalue weighted by molar-refractivity contribution is 0.364. The Morgan fingerprint density at radius 2 is 2.00 bits per heavy atom. The van der Waals surface area contributed by atoms with Gasteiger partial charge in [-0.1, -0.05) is 0 Å². The van der Waals surface area contributed by atoms with Gasteiger partial charge in [0.15, 0.2) is 0 Å². The molecule has 0 amide bonds. The van der Waals surface area contributed by atoms with E-state index in [1.807, 2.05) is 0 Å². The molecule has 0 aliphatic carbocycles. The van der Waals surface area contributed by atoms with Gasteiger partial charge in [-0.05, 0) is 26.0 Å². The first-order chi connectivity index (χ1) is 8.40. The normalized spacial score (nSPS) is 12.2. The van der Waals surface area contributed by atoms with Crippen molar-refractivity contribution in [2.24, 2.45) is 0 Å². The van der Waals surface area contributed by atoms with Crippen LogP contribution < -0.4 is 4.72 Å². The molecule has 0 radical (unpaired) electrons. The largest absolute Gasteiger partial charge is 0.451 e. The zero-order chi connectivity index (χ0) is 13.3. The minimum absolute atomic E-state index is 0.102. The Bertz CT molecular complexity index is 642. The van der Waals surface area contributed by atoms with Gasteiger partial charge in [0, 0.05) is 12.1 Å². The fraction of sp³-hybridized carbons (Fsp3) is 0.273. The van der Waals surface area contributed by atoms with Crippen molar-refractivity contribution in [2.45, 2.75) is 25.0 Å². The summed E-state index contributed by atoms with van der Waals surface area (Å²) in [6.45, 7) is 3.37. The molecule has 0 saturated carbocycles. The summed E-state index contributed by atoms with van der Waals surface area (Å²) in [5.74, 6) is 0.102. The van der Waals surface area contributed by atoms with Gasteiger partial charge in [-0.2, -0.15) is 4.39 Å². The lowest BCUT2D eigenvalue weighted by Crippen LogP contribution is -2.30. The van der Waals surface area contributed by atoms with Crippen LogP contribution in [0.15, 0.2) is 38.4 Å². The molecule has 0 atom stereocenters. The van der Waals surface area contributed by atoms with E-state index in [1.54, 1.807) is 13.8 Å². The Morgan fingerprint density at radius 3 is 2.56 bits per heavy atom. The average molecular weight is 273 g/mol. The fourth-order valence-corrected chi connectivity index (χ4v) is 2.88. The van der Waals surface area contributed by atoms with Crippen molar-refractivity contribution in [1.29, 1.82) is 0 Å². The van der Waals surface area contributed by atoms with Crippen LogP contribution in [-0.2, 0) is 10.0 Å². The molecule has 1 N–H and O–H groups in total. The molecule has 0 fully saturated rings. The van der Waals surface area contributed by atoms with E-state index in [-0.39, 0.29) is 22.5 Å². The van der Waals surface area contributed by atoms with Gasteiger partial charge in [0.1, 0.15) is 5.76 Å². The summed E-state index contributed by atoms with van der Waals surface area (Å²) in [7, 11) is -3.78. The summed E-state index contributed by atoms with van der Waals surface area (Å²) in [6, 6.07) is 2.80. The number of halogens is 1. The molecule has 0 unspecified atom stereocenters. The number of nitrogens with one attached hydrogen (secondary N) is 1. The summed E-state index contributed by atoms with van der Waals surface area (Å²) >= 11 is 0. The predicted molar refractivity (Wildman–Crippen MR) is 61.8 cm³/mol. The molecule has 2 rings (SSSR count). The van der Waals surface area contributed by atoms with Gasteiger partial charge in [0.2, 0.25) is 5.09 Å². The molecule has 2 aromatic heterocycles. The highest BCUT2D eigenvalue weighted by Gasteiger charge is 2.25. The maximum Gasteiger partial charge on any atom is 0.278 e. The van der Waals surface area contributed by atoms with Crippen LogP contribution in [-0.4, -0.2) is 14.5 Å². The molecule has 0 aliphatic rings. The second-order valence-electron chi connectivity index (χ2n) is 4.00. The molecule has 0 aliphatic heterocycles. The van der Waals surface area contributed by atoms with Crippen molar-refractivity contribution in [3.05, 3.63) is 30.5 Å². The number of furan rings is 2. The first-order valence-electron chi connectivity index (χ1n) is 5.25. The predicted octanol–water partition coefficient (Wildman–Crippen LogP) is 2.37. The third-order valence-electron chi connectivity index (χ3n) is 2.10. The second-order valence-corrected chi connectivity index (χ2v) is 5.61. The van der Waals surface area contributed by atoms with Crippen LogP contribution in [0.3, 0.4) is 0 Å². The van der Waals surface area contributed by atoms with Gasteiger partial charge in [0.05, 0.1) is 11.8 Å². The number of hydrogen-bond donors (Lipinski definition) is 1. The van der Waals surface area contributed by atoms with Gasteiger partial charge >= 0.3 is 0 Å². The van der Waals surface area contributed by atoms with E-state index in [4.69, 9.17) is 8.83 Å². The van der Waals surface area contributed by atoms with E-state index >= 15 is 0 Å². The average Bonchev–Trinajstić information content (AvgIpc) is 2.82. The van der Waals surface area contributed by atoms with Gasteiger partial charge in [-0.3, -0.25) is 0 Å². The second kappa shape index (κ2) is 4.58. The molecule has 0 spiro atoms. The maximum absolute atomic E-state index is 12.8. The van der Waals surface area contributed by atoms with Crippen molar-refractivity contribution >= 4 is 10.0 Å². The lowest BCUT2D eigenvalue weighted by atomic mass is 10.3. The van der Waals surface area contributed by atoms with Crippen molar-refractivity contribution < 1.29 is 21.6 Å². The van der Waals surface area contributed by atoms with E-state index < -0.39 is 16.0 Å². The van der Waals surface area contributed by atoms with Crippen LogP contribution in [0.5, 0.6) is 0 Å². The molecule has 2 aromatic rings. The molecule has 0 aromatic carbocycles. The fourth-order valence-electron chi connectivity index (χ4n) is 1.51. The molecule has 18 heavy (non-hydrogen) atoms. The summed E-state index contributed by atoms with van der Waals surface area (Å²) in [4.78, 5) is 0.